The van der Waals surface area contributed by atoms with Crippen LogP contribution in [0.1, 0.15) is 46.5 Å². The van der Waals surface area contributed by atoms with E-state index in [-0.39, 0.29) is 24.3 Å². The maximum absolute atomic E-state index is 13.6. The fourth-order valence-electron chi connectivity index (χ4n) is 5.05. The van der Waals surface area contributed by atoms with Crippen LogP contribution in [0, 0.1) is 5.82 Å². The highest BCUT2D eigenvalue weighted by Gasteiger charge is 2.45. The Labute approximate surface area is 197 Å². The highest BCUT2D eigenvalue weighted by Crippen LogP contribution is 2.38. The van der Waals surface area contributed by atoms with Crippen LogP contribution in [-0.4, -0.2) is 34.8 Å². The molecule has 2 saturated heterocycles. The lowest BCUT2D eigenvalue weighted by Crippen LogP contribution is -2.50. The number of nitrogens with zero attached hydrogens (tertiary/aromatic N) is 1. The Balaban J connectivity index is 1.32. The van der Waals surface area contributed by atoms with Gasteiger partial charge in [-0.05, 0) is 69.5 Å². The summed E-state index contributed by atoms with van der Waals surface area (Å²) >= 11 is 0. The van der Waals surface area contributed by atoms with Gasteiger partial charge in [-0.25, -0.2) is 14.0 Å². The molecule has 7 heteroatoms. The molecular weight excluding hydrogens is 437 g/mol. The van der Waals surface area contributed by atoms with Crippen molar-refractivity contribution < 1.29 is 23.1 Å². The van der Waals surface area contributed by atoms with Crippen molar-refractivity contribution in [1.29, 1.82) is 0 Å². The number of piperidine rings is 1. The van der Waals surface area contributed by atoms with E-state index in [1.165, 1.54) is 12.1 Å². The number of ether oxygens (including phenoxy) is 2. The van der Waals surface area contributed by atoms with Crippen LogP contribution in [0.2, 0.25) is 0 Å². The predicted molar refractivity (Wildman–Crippen MR) is 126 cm³/mol. The number of amides is 1. The Hall–Kier alpha value is -3.35. The maximum Gasteiger partial charge on any atom is 0.410 e. The summed E-state index contributed by atoms with van der Waals surface area (Å²) in [5.41, 5.74) is 0.152. The lowest BCUT2D eigenvalue weighted by Gasteiger charge is -2.39. The third-order valence-corrected chi connectivity index (χ3v) is 6.44. The van der Waals surface area contributed by atoms with Crippen LogP contribution in [0.15, 0.2) is 57.7 Å². The summed E-state index contributed by atoms with van der Waals surface area (Å²) in [4.78, 5) is 27.1. The molecule has 2 atom stereocenters. The number of carbonyl (C=O) groups excluding carboxylic acids is 1. The largest absolute Gasteiger partial charge is 0.490 e. The number of benzene rings is 2. The van der Waals surface area contributed by atoms with E-state index in [0.29, 0.717) is 22.5 Å². The molecule has 2 bridgehead atoms. The number of halogens is 1. The standard InChI is InChI=1S/C27H28FNO5/c1-27(2,3)34-26(31)29-19-8-9-20(29)14-22(13-19)32-21-10-7-17-12-23(25(30)33-24(17)15-21)16-5-4-6-18(28)11-16/h4-7,10-12,15,19-20,22H,8-9,13-14H2,1-3H3. The molecular formula is C27H28FNO5. The molecule has 34 heavy (non-hydrogen) atoms. The fourth-order valence-corrected chi connectivity index (χ4v) is 5.05. The summed E-state index contributed by atoms with van der Waals surface area (Å²) in [5.74, 6) is 0.205. The number of hydrogen-bond donors (Lipinski definition) is 0. The van der Waals surface area contributed by atoms with Crippen molar-refractivity contribution in [3.63, 3.8) is 0 Å². The minimum Gasteiger partial charge on any atom is -0.490 e. The van der Waals surface area contributed by atoms with Crippen molar-refractivity contribution in [2.45, 2.75) is 70.2 Å². The van der Waals surface area contributed by atoms with Gasteiger partial charge in [0, 0.05) is 36.4 Å². The second-order valence-corrected chi connectivity index (χ2v) is 10.1. The Morgan fingerprint density at radius 1 is 1.06 bits per heavy atom. The topological polar surface area (TPSA) is 69.0 Å². The Kier molecular flexibility index (Phi) is 5.58. The minimum atomic E-state index is -0.529. The summed E-state index contributed by atoms with van der Waals surface area (Å²) in [5, 5.41) is 0.728. The van der Waals surface area contributed by atoms with Gasteiger partial charge in [0.05, 0.1) is 5.56 Å². The van der Waals surface area contributed by atoms with E-state index in [1.54, 1.807) is 24.3 Å². The first-order valence-electron chi connectivity index (χ1n) is 11.7. The third kappa shape index (κ3) is 4.52. The molecule has 2 aliphatic heterocycles. The molecule has 2 fully saturated rings. The first-order chi connectivity index (χ1) is 16.2. The van der Waals surface area contributed by atoms with E-state index in [1.807, 2.05) is 37.8 Å². The number of fused-ring (bicyclic) bond motifs is 3. The van der Waals surface area contributed by atoms with Gasteiger partial charge in [0.1, 0.15) is 28.9 Å². The first kappa shape index (κ1) is 22.4. The molecule has 5 rings (SSSR count). The van der Waals surface area contributed by atoms with Crippen LogP contribution in [0.4, 0.5) is 9.18 Å². The Bertz CT molecular complexity index is 1280. The van der Waals surface area contributed by atoms with Crippen LogP contribution in [0.3, 0.4) is 0 Å². The summed E-state index contributed by atoms with van der Waals surface area (Å²) in [6, 6.07) is 13.2. The molecule has 3 heterocycles. The number of hydrogen-bond acceptors (Lipinski definition) is 5. The average molecular weight is 466 g/mol. The highest BCUT2D eigenvalue weighted by molar-refractivity contribution is 5.82. The molecule has 6 nitrogen and oxygen atoms in total. The molecule has 178 valence electrons. The Morgan fingerprint density at radius 2 is 1.79 bits per heavy atom. The number of carbonyl (C=O) groups is 1. The lowest BCUT2D eigenvalue weighted by molar-refractivity contribution is -0.00706. The quantitative estimate of drug-likeness (QED) is 0.450. The zero-order valence-electron chi connectivity index (χ0n) is 19.5. The Morgan fingerprint density at radius 3 is 2.47 bits per heavy atom. The SMILES string of the molecule is CC(C)(C)OC(=O)N1C2CCC1CC(Oc1ccc3cc(-c4cccc(F)c4)c(=O)oc3c1)C2. The summed E-state index contributed by atoms with van der Waals surface area (Å²) < 4.78 is 31.0. The molecule has 3 aromatic rings. The second kappa shape index (κ2) is 8.46. The second-order valence-electron chi connectivity index (χ2n) is 10.1. The van der Waals surface area contributed by atoms with Gasteiger partial charge in [0.25, 0.3) is 0 Å². The summed E-state index contributed by atoms with van der Waals surface area (Å²) in [6.07, 6.45) is 3.07. The minimum absolute atomic E-state index is 0.0353. The van der Waals surface area contributed by atoms with E-state index in [9.17, 15) is 14.0 Å². The zero-order valence-corrected chi connectivity index (χ0v) is 19.5. The smallest absolute Gasteiger partial charge is 0.410 e. The molecule has 2 unspecified atom stereocenters. The van der Waals surface area contributed by atoms with Crippen LogP contribution in [0.25, 0.3) is 22.1 Å². The number of rotatable bonds is 3. The van der Waals surface area contributed by atoms with E-state index < -0.39 is 17.0 Å². The molecule has 1 aromatic heterocycles. The van der Waals surface area contributed by atoms with Gasteiger partial charge in [0.15, 0.2) is 0 Å². The van der Waals surface area contributed by atoms with E-state index >= 15 is 0 Å². The maximum atomic E-state index is 13.6. The molecule has 0 aliphatic carbocycles. The van der Waals surface area contributed by atoms with Gasteiger partial charge < -0.3 is 18.8 Å². The third-order valence-electron chi connectivity index (χ3n) is 6.44. The van der Waals surface area contributed by atoms with Gasteiger partial charge in [0.2, 0.25) is 0 Å². The molecule has 2 aromatic carbocycles. The lowest BCUT2D eigenvalue weighted by atomic mass is 10.00. The fraction of sp³-hybridized carbons (Fsp3) is 0.407. The predicted octanol–water partition coefficient (Wildman–Crippen LogP) is 5.91. The average Bonchev–Trinajstić information content (AvgIpc) is 3.03. The van der Waals surface area contributed by atoms with Crippen molar-refractivity contribution in [3.05, 3.63) is 64.8 Å². The molecule has 0 spiro atoms. The molecule has 1 amide bonds. The molecule has 0 saturated carbocycles. The van der Waals surface area contributed by atoms with Crippen LogP contribution < -0.4 is 10.4 Å². The highest BCUT2D eigenvalue weighted by atomic mass is 19.1. The van der Waals surface area contributed by atoms with Crippen LogP contribution in [-0.2, 0) is 4.74 Å². The van der Waals surface area contributed by atoms with Crippen molar-refractivity contribution in [3.8, 4) is 16.9 Å². The van der Waals surface area contributed by atoms with Gasteiger partial charge in [-0.1, -0.05) is 12.1 Å². The summed E-state index contributed by atoms with van der Waals surface area (Å²) in [6.45, 7) is 5.63. The molecule has 0 radical (unpaired) electrons. The molecule has 0 N–H and O–H groups in total. The van der Waals surface area contributed by atoms with Crippen molar-refractivity contribution in [1.82, 2.24) is 4.90 Å². The van der Waals surface area contributed by atoms with Crippen LogP contribution in [0.5, 0.6) is 5.75 Å². The molecule has 2 aliphatic rings. The first-order valence-corrected chi connectivity index (χ1v) is 11.7. The van der Waals surface area contributed by atoms with E-state index in [4.69, 9.17) is 13.9 Å². The monoisotopic (exact) mass is 465 g/mol. The van der Waals surface area contributed by atoms with Crippen molar-refractivity contribution in [2.24, 2.45) is 0 Å². The van der Waals surface area contributed by atoms with Gasteiger partial charge in [-0.15, -0.1) is 0 Å². The van der Waals surface area contributed by atoms with Crippen LogP contribution >= 0.6 is 0 Å². The van der Waals surface area contributed by atoms with Crippen molar-refractivity contribution >= 4 is 17.1 Å². The van der Waals surface area contributed by atoms with E-state index in [0.717, 1.165) is 31.1 Å². The normalized spacial score (nSPS) is 22.1. The van der Waals surface area contributed by atoms with Gasteiger partial charge in [-0.3, -0.25) is 0 Å². The van der Waals surface area contributed by atoms with Crippen molar-refractivity contribution in [2.75, 3.05) is 0 Å². The van der Waals surface area contributed by atoms with Gasteiger partial charge in [-0.2, -0.15) is 0 Å². The van der Waals surface area contributed by atoms with E-state index in [2.05, 4.69) is 0 Å². The zero-order chi connectivity index (χ0) is 24.0. The summed E-state index contributed by atoms with van der Waals surface area (Å²) in [7, 11) is 0. The van der Waals surface area contributed by atoms with Gasteiger partial charge >= 0.3 is 11.7 Å².